The van der Waals surface area contributed by atoms with Crippen molar-refractivity contribution >= 4 is 17.5 Å². The highest BCUT2D eigenvalue weighted by atomic mass is 16.6. The van der Waals surface area contributed by atoms with Gasteiger partial charge in [0.05, 0.1) is 5.57 Å². The third kappa shape index (κ3) is 1.96. The predicted molar refractivity (Wildman–Crippen MR) is 63.9 cm³/mol. The monoisotopic (exact) mass is 252 g/mol. The number of hydrogen-bond donors (Lipinski definition) is 1. The molecular formula is C13H16O5. The first-order chi connectivity index (χ1) is 8.12. The van der Waals surface area contributed by atoms with Crippen LogP contribution in [0.1, 0.15) is 34.6 Å². The van der Waals surface area contributed by atoms with E-state index >= 15 is 0 Å². The summed E-state index contributed by atoms with van der Waals surface area (Å²) in [4.78, 5) is 34.8. The van der Waals surface area contributed by atoms with Crippen LogP contribution in [0, 0.1) is 0 Å². The molecule has 0 bridgehead atoms. The van der Waals surface area contributed by atoms with Crippen LogP contribution in [0.5, 0.6) is 0 Å². The number of ether oxygens (including phenoxy) is 1. The molecule has 0 fully saturated rings. The van der Waals surface area contributed by atoms with E-state index in [1.807, 2.05) is 0 Å². The minimum absolute atomic E-state index is 0.0227. The number of ketones is 2. The van der Waals surface area contributed by atoms with E-state index in [2.05, 4.69) is 0 Å². The van der Waals surface area contributed by atoms with Crippen molar-refractivity contribution in [3.63, 3.8) is 0 Å². The maximum Gasteiger partial charge on any atom is 0.303 e. The lowest BCUT2D eigenvalue weighted by atomic mass is 9.78. The minimum atomic E-state index is -1.52. The van der Waals surface area contributed by atoms with Crippen molar-refractivity contribution < 1.29 is 24.2 Å². The highest BCUT2D eigenvalue weighted by Crippen LogP contribution is 2.36. The van der Waals surface area contributed by atoms with Gasteiger partial charge in [0.15, 0.2) is 11.4 Å². The Balaban J connectivity index is 3.53. The molecule has 0 unspecified atom stereocenters. The van der Waals surface area contributed by atoms with Crippen molar-refractivity contribution in [2.24, 2.45) is 0 Å². The van der Waals surface area contributed by atoms with Crippen molar-refractivity contribution in [2.45, 2.75) is 40.2 Å². The van der Waals surface area contributed by atoms with Crippen LogP contribution in [-0.2, 0) is 19.1 Å². The van der Waals surface area contributed by atoms with Gasteiger partial charge < -0.3 is 9.84 Å². The number of hydrogen-bond acceptors (Lipinski definition) is 5. The fourth-order valence-electron chi connectivity index (χ4n) is 2.08. The van der Waals surface area contributed by atoms with Gasteiger partial charge in [-0.25, -0.2) is 0 Å². The molecular weight excluding hydrogens is 236 g/mol. The lowest BCUT2D eigenvalue weighted by molar-refractivity contribution is -0.158. The number of aliphatic hydroxyl groups is 1. The Morgan fingerprint density at radius 3 is 2.11 bits per heavy atom. The summed E-state index contributed by atoms with van der Waals surface area (Å²) in [5.41, 5.74) is -1.22. The molecule has 0 aromatic carbocycles. The first-order valence-electron chi connectivity index (χ1n) is 5.49. The van der Waals surface area contributed by atoms with Crippen LogP contribution >= 0.6 is 0 Å². The Labute approximate surface area is 105 Å². The second kappa shape index (κ2) is 4.40. The van der Waals surface area contributed by atoms with Gasteiger partial charge in [-0.2, -0.15) is 0 Å². The summed E-state index contributed by atoms with van der Waals surface area (Å²) in [6.07, 6.45) is 0. The summed E-state index contributed by atoms with van der Waals surface area (Å²) in [6.45, 7) is 6.79. The minimum Gasteiger partial charge on any atom is -0.507 e. The molecule has 0 amide bonds. The molecule has 0 aliphatic heterocycles. The van der Waals surface area contributed by atoms with Gasteiger partial charge in [0, 0.05) is 12.5 Å². The molecule has 0 aromatic rings. The molecule has 0 radical (unpaired) electrons. The normalized spacial score (nSPS) is 24.4. The number of esters is 1. The second-order valence-electron chi connectivity index (χ2n) is 4.49. The Morgan fingerprint density at radius 1 is 1.22 bits per heavy atom. The van der Waals surface area contributed by atoms with Gasteiger partial charge in [-0.3, -0.25) is 14.4 Å². The van der Waals surface area contributed by atoms with Crippen LogP contribution in [0.3, 0.4) is 0 Å². The Morgan fingerprint density at radius 2 is 1.72 bits per heavy atom. The van der Waals surface area contributed by atoms with E-state index in [0.29, 0.717) is 0 Å². The molecule has 0 spiro atoms. The smallest absolute Gasteiger partial charge is 0.303 e. The first-order valence-corrected chi connectivity index (χ1v) is 5.49. The van der Waals surface area contributed by atoms with Crippen molar-refractivity contribution in [1.82, 2.24) is 0 Å². The molecule has 1 aliphatic carbocycles. The van der Waals surface area contributed by atoms with Crippen LogP contribution in [0.15, 0.2) is 22.5 Å². The average Bonchev–Trinajstić information content (AvgIpc) is 2.23. The molecule has 1 rings (SSSR count). The van der Waals surface area contributed by atoms with Gasteiger partial charge >= 0.3 is 5.97 Å². The fourth-order valence-corrected chi connectivity index (χ4v) is 2.08. The van der Waals surface area contributed by atoms with Gasteiger partial charge in [-0.05, 0) is 33.3 Å². The van der Waals surface area contributed by atoms with E-state index in [4.69, 9.17) is 4.74 Å². The second-order valence-corrected chi connectivity index (χ2v) is 4.49. The summed E-state index contributed by atoms with van der Waals surface area (Å²) in [6, 6.07) is 0. The summed E-state index contributed by atoms with van der Waals surface area (Å²) < 4.78 is 5.06. The number of Topliss-reactive ketones (excluding diaryl/α,β-unsaturated/α-hetero) is 2. The van der Waals surface area contributed by atoms with E-state index in [1.165, 1.54) is 34.6 Å². The summed E-state index contributed by atoms with van der Waals surface area (Å²) in [7, 11) is 0. The fraction of sp³-hybridized carbons (Fsp3) is 0.462. The third-order valence-corrected chi connectivity index (χ3v) is 3.16. The third-order valence-electron chi connectivity index (χ3n) is 3.16. The van der Waals surface area contributed by atoms with Crippen molar-refractivity contribution in [1.29, 1.82) is 0 Å². The summed E-state index contributed by atoms with van der Waals surface area (Å²) in [5.74, 6) is -1.86. The average molecular weight is 252 g/mol. The maximum absolute atomic E-state index is 12.1. The zero-order valence-corrected chi connectivity index (χ0v) is 11.1. The number of carbonyl (C=O) groups is 3. The Kier molecular flexibility index (Phi) is 3.46. The highest BCUT2D eigenvalue weighted by molar-refractivity contribution is 6.12. The molecule has 18 heavy (non-hydrogen) atoms. The molecule has 1 N–H and O–H groups in total. The lowest BCUT2D eigenvalue weighted by Crippen LogP contribution is -2.45. The van der Waals surface area contributed by atoms with Gasteiger partial charge in [0.2, 0.25) is 5.78 Å². The van der Waals surface area contributed by atoms with Gasteiger partial charge in [-0.1, -0.05) is 0 Å². The van der Waals surface area contributed by atoms with Crippen molar-refractivity contribution in [3.05, 3.63) is 22.5 Å². The van der Waals surface area contributed by atoms with Crippen LogP contribution in [0.2, 0.25) is 0 Å². The number of rotatable bonds is 2. The Bertz CT molecular complexity index is 509. The van der Waals surface area contributed by atoms with Crippen LogP contribution < -0.4 is 0 Å². The Hall–Kier alpha value is -1.91. The van der Waals surface area contributed by atoms with Crippen molar-refractivity contribution in [2.75, 3.05) is 0 Å². The number of carbonyl (C=O) groups excluding carboxylic acids is 3. The predicted octanol–water partition coefficient (Wildman–Crippen LogP) is 1.63. The van der Waals surface area contributed by atoms with Crippen LogP contribution in [-0.4, -0.2) is 28.2 Å². The van der Waals surface area contributed by atoms with Gasteiger partial charge in [0.1, 0.15) is 5.76 Å². The standard InChI is InChI=1S/C13H16O5/c1-6-11(16)10(8(3)14)7(2)13(5,12(6)17)18-9(4)15/h16H,1-5H3/t13-/m0/s1. The number of allylic oxidation sites excluding steroid dienone is 1. The molecule has 1 atom stereocenters. The maximum atomic E-state index is 12.1. The SMILES string of the molecule is CC(=O)O[C@]1(C)C(=O)C(C)=C(O)C(C(C)=O)=C1C. The summed E-state index contributed by atoms with van der Waals surface area (Å²) >= 11 is 0. The van der Waals surface area contributed by atoms with E-state index in [9.17, 15) is 19.5 Å². The quantitative estimate of drug-likeness (QED) is 0.755. The van der Waals surface area contributed by atoms with Crippen molar-refractivity contribution in [3.8, 4) is 0 Å². The molecule has 0 saturated carbocycles. The van der Waals surface area contributed by atoms with E-state index in [1.54, 1.807) is 0 Å². The van der Waals surface area contributed by atoms with E-state index < -0.39 is 17.4 Å². The van der Waals surface area contributed by atoms with Gasteiger partial charge in [0.25, 0.3) is 0 Å². The highest BCUT2D eigenvalue weighted by Gasteiger charge is 2.46. The zero-order valence-electron chi connectivity index (χ0n) is 11.1. The molecule has 98 valence electrons. The van der Waals surface area contributed by atoms with E-state index in [0.717, 1.165) is 0 Å². The number of aliphatic hydroxyl groups excluding tert-OH is 1. The van der Waals surface area contributed by atoms with Crippen LogP contribution in [0.4, 0.5) is 0 Å². The molecule has 5 nitrogen and oxygen atoms in total. The molecule has 0 aromatic heterocycles. The summed E-state index contributed by atoms with van der Waals surface area (Å²) in [5, 5.41) is 9.85. The zero-order chi connectivity index (χ0) is 14.2. The largest absolute Gasteiger partial charge is 0.507 e. The molecule has 1 aliphatic rings. The topological polar surface area (TPSA) is 80.7 Å². The molecule has 5 heteroatoms. The lowest BCUT2D eigenvalue weighted by Gasteiger charge is -2.33. The first kappa shape index (κ1) is 14.2. The van der Waals surface area contributed by atoms with Gasteiger partial charge in [-0.15, -0.1) is 0 Å². The molecule has 0 saturated heterocycles. The van der Waals surface area contributed by atoms with E-state index in [-0.39, 0.29) is 28.3 Å². The van der Waals surface area contributed by atoms with Crippen LogP contribution in [0.25, 0.3) is 0 Å². The molecule has 0 heterocycles.